The number of benzene rings is 1. The molecule has 1 nitrogen and oxygen atoms in total. The molecule has 1 aliphatic carbocycles. The highest BCUT2D eigenvalue weighted by molar-refractivity contribution is 9.09. The van der Waals surface area contributed by atoms with Gasteiger partial charge in [-0.25, -0.2) is 4.98 Å². The van der Waals surface area contributed by atoms with E-state index >= 15 is 0 Å². The molecule has 1 heterocycles. The molecule has 3 rings (SSSR count). The van der Waals surface area contributed by atoms with E-state index < -0.39 is 0 Å². The van der Waals surface area contributed by atoms with Gasteiger partial charge in [0, 0.05) is 11.2 Å². The van der Waals surface area contributed by atoms with Crippen molar-refractivity contribution in [3.8, 4) is 0 Å². The molecular weight excluding hydrogens is 282 g/mol. The van der Waals surface area contributed by atoms with Crippen molar-refractivity contribution in [2.75, 3.05) is 0 Å². The third-order valence-electron chi connectivity index (χ3n) is 3.11. The lowest BCUT2D eigenvalue weighted by Gasteiger charge is -2.04. The van der Waals surface area contributed by atoms with Gasteiger partial charge >= 0.3 is 0 Å². The summed E-state index contributed by atoms with van der Waals surface area (Å²) < 4.78 is 1.31. The molecule has 0 spiro atoms. The summed E-state index contributed by atoms with van der Waals surface area (Å²) in [5.74, 6) is 0.939. The Morgan fingerprint density at radius 2 is 2.19 bits per heavy atom. The lowest BCUT2D eigenvalue weighted by atomic mass is 10.2. The van der Waals surface area contributed by atoms with Crippen molar-refractivity contribution >= 4 is 37.5 Å². The van der Waals surface area contributed by atoms with Gasteiger partial charge in [-0.2, -0.15) is 0 Å². The van der Waals surface area contributed by atoms with E-state index in [4.69, 9.17) is 0 Å². The van der Waals surface area contributed by atoms with Gasteiger partial charge in [0.15, 0.2) is 0 Å². The Bertz CT molecular complexity index is 456. The molecule has 0 aliphatic heterocycles. The predicted octanol–water partition coefficient (Wildman–Crippen LogP) is 4.40. The number of nitrogens with zero attached hydrogens (tertiary/aromatic N) is 1. The number of thiazole rings is 1. The number of hydrogen-bond acceptors (Lipinski definition) is 2. The van der Waals surface area contributed by atoms with Crippen molar-refractivity contribution in [3.63, 3.8) is 0 Å². The summed E-state index contributed by atoms with van der Waals surface area (Å²) in [6.45, 7) is 0. The van der Waals surface area contributed by atoms with Crippen LogP contribution in [0.2, 0.25) is 0 Å². The van der Waals surface area contributed by atoms with Crippen LogP contribution in [0.5, 0.6) is 0 Å². The minimum atomic E-state index is 0.708. The van der Waals surface area contributed by atoms with E-state index in [1.807, 2.05) is 11.3 Å². The molecule has 3 heteroatoms. The minimum Gasteiger partial charge on any atom is -0.241 e. The highest BCUT2D eigenvalue weighted by Gasteiger charge is 2.28. The summed E-state index contributed by atoms with van der Waals surface area (Å²) in [6.07, 6.45) is 5.17. The van der Waals surface area contributed by atoms with Gasteiger partial charge in [0.25, 0.3) is 0 Å². The van der Waals surface area contributed by atoms with Gasteiger partial charge in [0.1, 0.15) is 0 Å². The van der Waals surface area contributed by atoms with Crippen molar-refractivity contribution < 1.29 is 0 Å². The van der Waals surface area contributed by atoms with Gasteiger partial charge < -0.3 is 0 Å². The van der Waals surface area contributed by atoms with Crippen LogP contribution in [0.4, 0.5) is 0 Å². The zero-order valence-corrected chi connectivity index (χ0v) is 11.4. The van der Waals surface area contributed by atoms with Gasteiger partial charge in [0.2, 0.25) is 0 Å². The van der Waals surface area contributed by atoms with Crippen molar-refractivity contribution in [1.29, 1.82) is 0 Å². The lowest BCUT2D eigenvalue weighted by Crippen LogP contribution is -2.01. The van der Waals surface area contributed by atoms with Crippen LogP contribution in [-0.4, -0.2) is 9.81 Å². The van der Waals surface area contributed by atoms with Gasteiger partial charge in [-0.1, -0.05) is 28.1 Å². The van der Waals surface area contributed by atoms with E-state index in [1.54, 1.807) is 0 Å². The fraction of sp³-hybridized carbons (Fsp3) is 0.462. The van der Waals surface area contributed by atoms with Crippen LogP contribution >= 0.6 is 27.3 Å². The topological polar surface area (TPSA) is 12.9 Å². The van der Waals surface area contributed by atoms with E-state index in [9.17, 15) is 0 Å². The number of halogens is 1. The number of alkyl halides is 1. The maximum Gasteiger partial charge on any atom is 0.0939 e. The van der Waals surface area contributed by atoms with E-state index in [0.717, 1.165) is 17.9 Å². The third kappa shape index (κ3) is 2.30. The highest BCUT2D eigenvalue weighted by atomic mass is 79.9. The summed E-state index contributed by atoms with van der Waals surface area (Å²) in [5, 5.41) is 1.28. The number of aryl methyl sites for hydroxylation is 1. The first-order valence-corrected chi connectivity index (χ1v) is 7.54. The molecule has 0 amide bonds. The van der Waals surface area contributed by atoms with Gasteiger partial charge in [-0.15, -0.1) is 11.3 Å². The zero-order valence-electron chi connectivity index (χ0n) is 9.03. The Kier molecular flexibility index (Phi) is 2.99. The fourth-order valence-corrected chi connectivity index (χ4v) is 3.72. The monoisotopic (exact) mass is 295 g/mol. The van der Waals surface area contributed by atoms with Crippen LogP contribution < -0.4 is 0 Å². The largest absolute Gasteiger partial charge is 0.241 e. The maximum atomic E-state index is 4.66. The van der Waals surface area contributed by atoms with E-state index in [-0.39, 0.29) is 0 Å². The molecule has 1 aromatic carbocycles. The van der Waals surface area contributed by atoms with Crippen molar-refractivity contribution in [3.05, 3.63) is 29.3 Å². The second-order valence-electron chi connectivity index (χ2n) is 4.47. The van der Waals surface area contributed by atoms with E-state index in [2.05, 4.69) is 45.2 Å². The first kappa shape index (κ1) is 10.7. The van der Waals surface area contributed by atoms with Crippen LogP contribution in [0.15, 0.2) is 24.3 Å². The van der Waals surface area contributed by atoms with Crippen molar-refractivity contribution in [1.82, 2.24) is 4.98 Å². The molecule has 0 radical (unpaired) electrons. The summed E-state index contributed by atoms with van der Waals surface area (Å²) in [7, 11) is 0. The summed E-state index contributed by atoms with van der Waals surface area (Å²) in [6, 6.07) is 8.40. The Hall–Kier alpha value is -0.410. The average molecular weight is 296 g/mol. The molecule has 0 N–H and O–H groups in total. The summed E-state index contributed by atoms with van der Waals surface area (Å²) >= 11 is 5.62. The normalized spacial score (nSPS) is 17.8. The molecular formula is C13H14BrNS. The molecule has 1 aromatic heterocycles. The number of hydrogen-bond donors (Lipinski definition) is 0. The summed E-state index contributed by atoms with van der Waals surface area (Å²) in [4.78, 5) is 5.37. The van der Waals surface area contributed by atoms with Crippen LogP contribution in [-0.2, 0) is 6.42 Å². The Balaban J connectivity index is 1.69. The molecule has 1 aliphatic rings. The van der Waals surface area contributed by atoms with Gasteiger partial charge in [-0.3, -0.25) is 0 Å². The van der Waals surface area contributed by atoms with Crippen LogP contribution in [0, 0.1) is 5.92 Å². The molecule has 1 saturated carbocycles. The number of rotatable bonds is 4. The zero-order chi connectivity index (χ0) is 11.0. The molecule has 0 saturated heterocycles. The predicted molar refractivity (Wildman–Crippen MR) is 73.4 cm³/mol. The van der Waals surface area contributed by atoms with Crippen LogP contribution in [0.3, 0.4) is 0 Å². The van der Waals surface area contributed by atoms with Crippen molar-refractivity contribution in [2.45, 2.75) is 30.5 Å². The van der Waals surface area contributed by atoms with Crippen LogP contribution in [0.25, 0.3) is 10.2 Å². The standard InChI is InChI=1S/C13H14BrNS/c14-10(9-5-6-9)7-8-13-15-11-3-1-2-4-12(11)16-13/h1-4,9-10H,5-8H2. The van der Waals surface area contributed by atoms with Gasteiger partial charge in [-0.05, 0) is 37.3 Å². The number of fused-ring (bicyclic) bond motifs is 1. The Morgan fingerprint density at radius 1 is 1.38 bits per heavy atom. The highest BCUT2D eigenvalue weighted by Crippen LogP contribution is 2.38. The van der Waals surface area contributed by atoms with Gasteiger partial charge in [0.05, 0.1) is 15.2 Å². The molecule has 0 bridgehead atoms. The molecule has 1 fully saturated rings. The first-order chi connectivity index (χ1) is 7.83. The average Bonchev–Trinajstić information content (AvgIpc) is 3.06. The molecule has 1 unspecified atom stereocenters. The summed E-state index contributed by atoms with van der Waals surface area (Å²) in [5.41, 5.74) is 1.15. The Labute approximate surface area is 108 Å². The van der Waals surface area contributed by atoms with E-state index in [1.165, 1.54) is 29.0 Å². The molecule has 2 aromatic rings. The van der Waals surface area contributed by atoms with Crippen molar-refractivity contribution in [2.24, 2.45) is 5.92 Å². The van der Waals surface area contributed by atoms with E-state index in [0.29, 0.717) is 4.83 Å². The third-order valence-corrected chi connectivity index (χ3v) is 5.41. The second kappa shape index (κ2) is 4.46. The second-order valence-corrected chi connectivity index (χ2v) is 6.76. The lowest BCUT2D eigenvalue weighted by molar-refractivity contribution is 0.695. The molecule has 16 heavy (non-hydrogen) atoms. The number of para-hydroxylation sites is 1. The number of aromatic nitrogens is 1. The van der Waals surface area contributed by atoms with Crippen LogP contribution in [0.1, 0.15) is 24.3 Å². The first-order valence-electron chi connectivity index (χ1n) is 5.81. The molecule has 84 valence electrons. The Morgan fingerprint density at radius 3 is 2.94 bits per heavy atom. The minimum absolute atomic E-state index is 0.708. The smallest absolute Gasteiger partial charge is 0.0939 e. The fourth-order valence-electron chi connectivity index (χ4n) is 1.98. The quantitative estimate of drug-likeness (QED) is 0.762. The molecule has 1 atom stereocenters. The SMILES string of the molecule is BrC(CCc1nc2ccccc2s1)C1CC1. The maximum absolute atomic E-state index is 4.66.